The second-order valence-electron chi connectivity index (χ2n) is 10.1. The van der Waals surface area contributed by atoms with Gasteiger partial charge >= 0.3 is 0 Å². The average molecular weight is 419 g/mol. The Bertz CT molecular complexity index is 1830. The van der Waals surface area contributed by atoms with Gasteiger partial charge in [-0.15, -0.1) is 0 Å². The van der Waals surface area contributed by atoms with Gasteiger partial charge in [-0.25, -0.2) is 0 Å². The molecule has 6 aromatic carbocycles. The van der Waals surface area contributed by atoms with Gasteiger partial charge in [-0.05, 0) is 82.9 Å². The first-order valence-corrected chi connectivity index (χ1v) is 11.8. The van der Waals surface area contributed by atoms with E-state index >= 15 is 0 Å². The Balaban J connectivity index is 1.43. The molecule has 0 aromatic heterocycles. The maximum absolute atomic E-state index is 2.44. The summed E-state index contributed by atoms with van der Waals surface area (Å²) in [6, 6.07) is 36.6. The van der Waals surface area contributed by atoms with Crippen LogP contribution in [0.15, 0.2) is 97.1 Å². The van der Waals surface area contributed by atoms with Crippen LogP contribution in [0.2, 0.25) is 0 Å². The summed E-state index contributed by atoms with van der Waals surface area (Å²) in [7, 11) is 0. The lowest BCUT2D eigenvalue weighted by atomic mass is 9.81. The van der Waals surface area contributed by atoms with Gasteiger partial charge in [0.15, 0.2) is 0 Å². The van der Waals surface area contributed by atoms with Crippen molar-refractivity contribution in [3.8, 4) is 33.4 Å². The summed E-state index contributed by atoms with van der Waals surface area (Å²) in [5.74, 6) is 0. The lowest BCUT2D eigenvalue weighted by Crippen LogP contribution is -2.14. The first-order valence-electron chi connectivity index (χ1n) is 11.8. The average Bonchev–Trinajstić information content (AvgIpc) is 3.31. The van der Waals surface area contributed by atoms with Gasteiger partial charge < -0.3 is 0 Å². The highest BCUT2D eigenvalue weighted by molar-refractivity contribution is 6.34. The number of benzene rings is 6. The molecule has 0 heterocycles. The number of fused-ring (bicyclic) bond motifs is 4. The molecule has 0 aliphatic heterocycles. The molecule has 0 radical (unpaired) electrons. The quantitative estimate of drug-likeness (QED) is 0.233. The maximum atomic E-state index is 2.44. The number of hydrogen-bond acceptors (Lipinski definition) is 0. The number of hydrogen-bond donors (Lipinski definition) is 0. The summed E-state index contributed by atoms with van der Waals surface area (Å²) in [6.45, 7) is 4.72. The van der Waals surface area contributed by atoms with Crippen molar-refractivity contribution in [3.63, 3.8) is 0 Å². The van der Waals surface area contributed by atoms with Gasteiger partial charge in [0.05, 0.1) is 0 Å². The highest BCUT2D eigenvalue weighted by atomic mass is 14.4. The molecule has 8 rings (SSSR count). The molecule has 0 spiro atoms. The molecule has 0 heteroatoms. The van der Waals surface area contributed by atoms with Crippen LogP contribution in [0, 0.1) is 0 Å². The van der Waals surface area contributed by atoms with Gasteiger partial charge in [-0.1, -0.05) is 105 Å². The van der Waals surface area contributed by atoms with E-state index in [1.54, 1.807) is 0 Å². The number of rotatable bonds is 1. The molecule has 0 atom stereocenters. The van der Waals surface area contributed by atoms with Crippen molar-refractivity contribution in [2.45, 2.75) is 19.3 Å². The van der Waals surface area contributed by atoms with E-state index in [0.29, 0.717) is 0 Å². The van der Waals surface area contributed by atoms with E-state index < -0.39 is 0 Å². The summed E-state index contributed by atoms with van der Waals surface area (Å²) < 4.78 is 0. The Labute approximate surface area is 193 Å². The normalized spacial score (nSPS) is 14.6. The fourth-order valence-electron chi connectivity index (χ4n) is 6.61. The third-order valence-electron chi connectivity index (χ3n) is 8.19. The van der Waals surface area contributed by atoms with E-state index in [9.17, 15) is 0 Å². The molecule has 0 fully saturated rings. The zero-order chi connectivity index (χ0) is 21.9. The van der Waals surface area contributed by atoms with Crippen molar-refractivity contribution in [1.82, 2.24) is 0 Å². The zero-order valence-electron chi connectivity index (χ0n) is 18.7. The second kappa shape index (κ2) is 5.71. The van der Waals surface area contributed by atoms with Crippen LogP contribution in [-0.2, 0) is 5.41 Å². The molecule has 33 heavy (non-hydrogen) atoms. The van der Waals surface area contributed by atoms with E-state index in [0.717, 1.165) is 0 Å². The molecule has 6 aromatic rings. The highest BCUT2D eigenvalue weighted by Gasteiger charge is 2.35. The van der Waals surface area contributed by atoms with Crippen LogP contribution < -0.4 is 0 Å². The molecule has 0 saturated carbocycles. The Morgan fingerprint density at radius 3 is 2.03 bits per heavy atom. The van der Waals surface area contributed by atoms with Gasteiger partial charge in [0.25, 0.3) is 0 Å². The predicted molar refractivity (Wildman–Crippen MR) is 141 cm³/mol. The van der Waals surface area contributed by atoms with Crippen molar-refractivity contribution in [2.24, 2.45) is 0 Å². The first kappa shape index (κ1) is 17.6. The molecule has 0 N–H and O–H groups in total. The minimum absolute atomic E-state index is 0.0146. The fourth-order valence-corrected chi connectivity index (χ4v) is 6.61. The van der Waals surface area contributed by atoms with Crippen LogP contribution in [0.3, 0.4) is 0 Å². The highest BCUT2D eigenvalue weighted by Crippen LogP contribution is 2.52. The van der Waals surface area contributed by atoms with Crippen LogP contribution in [0.4, 0.5) is 0 Å². The maximum Gasteiger partial charge on any atom is 0.0159 e. The van der Waals surface area contributed by atoms with Gasteiger partial charge in [-0.3, -0.25) is 0 Å². The van der Waals surface area contributed by atoms with Crippen molar-refractivity contribution < 1.29 is 0 Å². The van der Waals surface area contributed by atoms with Gasteiger partial charge in [0, 0.05) is 5.41 Å². The lowest BCUT2D eigenvalue weighted by molar-refractivity contribution is 0.660. The largest absolute Gasteiger partial charge is 0.0619 e. The van der Waals surface area contributed by atoms with Crippen LogP contribution >= 0.6 is 0 Å². The summed E-state index contributed by atoms with van der Waals surface area (Å²) in [5, 5.41) is 8.28. The van der Waals surface area contributed by atoms with E-state index in [-0.39, 0.29) is 5.41 Å². The Morgan fingerprint density at radius 2 is 1.12 bits per heavy atom. The SMILES string of the molecule is CC1(C)c2ccccc2-c2ccc(-c3ccc4c5c3ccc3ccc6cccc-4c6c35)cc21. The minimum Gasteiger partial charge on any atom is -0.0619 e. The lowest BCUT2D eigenvalue weighted by Gasteiger charge is -2.22. The van der Waals surface area contributed by atoms with E-state index in [1.807, 2.05) is 0 Å². The summed E-state index contributed by atoms with van der Waals surface area (Å²) >= 11 is 0. The summed E-state index contributed by atoms with van der Waals surface area (Å²) in [6.07, 6.45) is 0. The summed E-state index contributed by atoms with van der Waals surface area (Å²) in [4.78, 5) is 0. The molecule has 0 bridgehead atoms. The Morgan fingerprint density at radius 1 is 0.455 bits per heavy atom. The van der Waals surface area contributed by atoms with E-state index in [4.69, 9.17) is 0 Å². The molecule has 2 aliphatic carbocycles. The monoisotopic (exact) mass is 418 g/mol. The molecular formula is C33H22. The van der Waals surface area contributed by atoms with Crippen LogP contribution in [0.25, 0.3) is 65.7 Å². The predicted octanol–water partition coefficient (Wildman–Crippen LogP) is 9.10. The molecule has 0 amide bonds. The minimum atomic E-state index is 0.0146. The van der Waals surface area contributed by atoms with Crippen molar-refractivity contribution in [1.29, 1.82) is 0 Å². The standard InChI is InChI=1S/C33H22/c1-33(2)28-9-4-3-7-23(28)24-14-13-21(18-29(24)33)22-16-17-27-25-8-5-6-19-10-11-20-12-15-26(22)32(27)31(20)30(19)25/h3-18H,1-2H3. The topological polar surface area (TPSA) is 0 Å². The Kier molecular flexibility index (Phi) is 3.05. The van der Waals surface area contributed by atoms with Crippen molar-refractivity contribution in [2.75, 3.05) is 0 Å². The third-order valence-corrected chi connectivity index (χ3v) is 8.19. The van der Waals surface area contributed by atoms with Gasteiger partial charge in [0.2, 0.25) is 0 Å². The molecule has 0 unspecified atom stereocenters. The molecule has 2 aliphatic rings. The van der Waals surface area contributed by atoms with Crippen LogP contribution in [0.5, 0.6) is 0 Å². The molecule has 0 nitrogen and oxygen atoms in total. The third kappa shape index (κ3) is 2.03. The second-order valence-corrected chi connectivity index (χ2v) is 10.1. The Hall–Kier alpha value is -3.90. The zero-order valence-corrected chi connectivity index (χ0v) is 18.7. The van der Waals surface area contributed by atoms with Crippen molar-refractivity contribution >= 4 is 32.3 Å². The molecule has 0 saturated heterocycles. The molecular weight excluding hydrogens is 396 g/mol. The first-order chi connectivity index (χ1) is 16.1. The van der Waals surface area contributed by atoms with Crippen molar-refractivity contribution in [3.05, 3.63) is 108 Å². The van der Waals surface area contributed by atoms with E-state index in [1.165, 1.54) is 76.8 Å². The molecule has 154 valence electrons. The fraction of sp³-hybridized carbons (Fsp3) is 0.0909. The van der Waals surface area contributed by atoms with Crippen LogP contribution in [-0.4, -0.2) is 0 Å². The smallest absolute Gasteiger partial charge is 0.0159 e. The van der Waals surface area contributed by atoms with Crippen LogP contribution in [0.1, 0.15) is 25.0 Å². The van der Waals surface area contributed by atoms with Gasteiger partial charge in [0.1, 0.15) is 0 Å². The summed E-state index contributed by atoms with van der Waals surface area (Å²) in [5.41, 5.74) is 11.0. The van der Waals surface area contributed by atoms with E-state index in [2.05, 4.69) is 111 Å². The van der Waals surface area contributed by atoms with Gasteiger partial charge in [-0.2, -0.15) is 0 Å².